The molecule has 0 heterocycles. The number of hydrogen-bond acceptors (Lipinski definition) is 2. The van der Waals surface area contributed by atoms with Gasteiger partial charge < -0.3 is 19.6 Å². The molecule has 0 atom stereocenters. The molecule has 0 aromatic carbocycles. The Labute approximate surface area is 114 Å². The normalized spacial score (nSPS) is 26.9. The predicted molar refractivity (Wildman–Crippen MR) is 50.9 cm³/mol. The fraction of sp³-hybridized carbons (Fsp3) is 0.667. The summed E-state index contributed by atoms with van der Waals surface area (Å²) in [4.78, 5) is 33.9. The van der Waals surface area contributed by atoms with Crippen molar-refractivity contribution in [3.63, 3.8) is 0 Å². The van der Waals surface area contributed by atoms with E-state index in [9.17, 15) is 44.3 Å². The van der Waals surface area contributed by atoms with E-state index in [1.165, 1.54) is 0 Å². The smallest absolute Gasteiger partial charge is 0.321 e. The van der Waals surface area contributed by atoms with E-state index in [1.807, 2.05) is 0 Å². The molecule has 1 aliphatic carbocycles. The van der Waals surface area contributed by atoms with Crippen LogP contribution in [0.2, 0.25) is 0 Å². The van der Waals surface area contributed by atoms with Crippen LogP contribution in [-0.4, -0.2) is 43.3 Å². The summed E-state index contributed by atoms with van der Waals surface area (Å²) in [5.41, 5.74) is 0. The average molecular weight is 386 g/mol. The summed E-state index contributed by atoms with van der Waals surface area (Å²) in [6.45, 7) is 0. The molecule has 0 radical (unpaired) electrons. The summed E-state index contributed by atoms with van der Waals surface area (Å²) in [5.74, 6) is -27.3. The fourth-order valence-electron chi connectivity index (χ4n) is 1.63. The Hall–Kier alpha value is -0.520. The molecule has 0 unspecified atom stereocenters. The third-order valence-corrected chi connectivity index (χ3v) is 4.94. The Balaban J connectivity index is 4.18. The van der Waals surface area contributed by atoms with Crippen molar-refractivity contribution >= 4 is 15.2 Å². The molecule has 0 aliphatic heterocycles. The van der Waals surface area contributed by atoms with E-state index >= 15 is 0 Å². The molecule has 0 aromatic heterocycles. The molecule has 6 nitrogen and oxygen atoms in total. The minimum absolute atomic E-state index is 3.73. The molecule has 0 saturated carbocycles. The molecule has 0 bridgehead atoms. The third-order valence-electron chi connectivity index (χ3n) is 2.58. The molecule has 0 saturated heterocycles. The van der Waals surface area contributed by atoms with Gasteiger partial charge >= 0.3 is 38.9 Å². The summed E-state index contributed by atoms with van der Waals surface area (Å²) < 4.78 is 127. The van der Waals surface area contributed by atoms with Crippen LogP contribution in [0.4, 0.5) is 35.1 Å². The zero-order valence-electron chi connectivity index (χ0n) is 9.52. The van der Waals surface area contributed by atoms with E-state index in [0.717, 1.165) is 0 Å². The van der Waals surface area contributed by atoms with E-state index in [4.69, 9.17) is 19.6 Å². The highest BCUT2D eigenvalue weighted by molar-refractivity contribution is 7.61. The van der Waals surface area contributed by atoms with Gasteiger partial charge in [-0.05, 0) is 0 Å². The zero-order chi connectivity index (χ0) is 18.2. The zero-order valence-corrected chi connectivity index (χ0v) is 11.3. The lowest BCUT2D eigenvalue weighted by atomic mass is 9.91. The van der Waals surface area contributed by atoms with Crippen LogP contribution in [0.3, 0.4) is 0 Å². The van der Waals surface area contributed by atoms with Gasteiger partial charge in [-0.3, -0.25) is 9.13 Å². The number of rotatable bonds is 2. The first-order valence-corrected chi connectivity index (χ1v) is 7.85. The Morgan fingerprint density at radius 1 is 0.591 bits per heavy atom. The minimum Gasteiger partial charge on any atom is -0.321 e. The molecule has 1 aliphatic rings. The quantitative estimate of drug-likeness (QED) is 0.427. The summed E-state index contributed by atoms with van der Waals surface area (Å²) >= 11 is 0. The number of hydrogen-bond donors (Lipinski definition) is 4. The van der Waals surface area contributed by atoms with Crippen LogP contribution in [0.5, 0.6) is 0 Å². The van der Waals surface area contributed by atoms with E-state index in [-0.39, 0.29) is 0 Å². The van der Waals surface area contributed by atoms with Gasteiger partial charge in [0, 0.05) is 0 Å². The minimum atomic E-state index is -7.03. The van der Waals surface area contributed by atoms with Crippen LogP contribution in [-0.2, 0) is 9.13 Å². The van der Waals surface area contributed by atoms with Gasteiger partial charge in [-0.15, -0.1) is 0 Å². The summed E-state index contributed by atoms with van der Waals surface area (Å²) in [5, 5.41) is -7.46. The van der Waals surface area contributed by atoms with E-state index in [0.29, 0.717) is 0 Å². The fourth-order valence-corrected chi connectivity index (χ4v) is 4.26. The van der Waals surface area contributed by atoms with Crippen molar-refractivity contribution in [3.05, 3.63) is 10.6 Å². The van der Waals surface area contributed by atoms with Crippen LogP contribution in [0.1, 0.15) is 0 Å². The van der Waals surface area contributed by atoms with Crippen molar-refractivity contribution < 1.29 is 63.8 Å². The van der Waals surface area contributed by atoms with Gasteiger partial charge in [-0.2, -0.15) is 35.1 Å². The Bertz CT molecular complexity index is 575. The summed E-state index contributed by atoms with van der Waals surface area (Å²) in [7, 11) is -13.8. The maximum absolute atomic E-state index is 13.3. The molecule has 130 valence electrons. The van der Waals surface area contributed by atoms with Crippen molar-refractivity contribution in [1.82, 2.24) is 0 Å². The highest BCUT2D eigenvalue weighted by atomic mass is 31.2. The number of alkyl halides is 8. The first kappa shape index (κ1) is 19.5. The van der Waals surface area contributed by atoms with Crippen molar-refractivity contribution in [1.29, 1.82) is 0 Å². The van der Waals surface area contributed by atoms with Gasteiger partial charge in [0.2, 0.25) is 0 Å². The largest absolute Gasteiger partial charge is 0.383 e. The Morgan fingerprint density at radius 2 is 0.773 bits per heavy atom. The van der Waals surface area contributed by atoms with Gasteiger partial charge in [0.15, 0.2) is 0 Å². The van der Waals surface area contributed by atoms with Gasteiger partial charge in [-0.25, -0.2) is 0 Å². The summed E-state index contributed by atoms with van der Waals surface area (Å²) in [6.07, 6.45) is 0. The molecule has 0 spiro atoms. The molecule has 0 fully saturated rings. The topological polar surface area (TPSA) is 115 Å². The van der Waals surface area contributed by atoms with E-state index < -0.39 is 49.5 Å². The standard InChI is InChI=1S/C6H4F8O6P2/c7-3(8)1(21(15,16)17)2(22(18,19)20)4(9,10)6(13,14)5(3,11)12/h(H2,15,16,17)(H2,18,19,20). The second-order valence-electron chi connectivity index (χ2n) is 4.08. The lowest BCUT2D eigenvalue weighted by Crippen LogP contribution is -2.66. The highest BCUT2D eigenvalue weighted by Crippen LogP contribution is 2.74. The maximum Gasteiger partial charge on any atom is 0.383 e. The lowest BCUT2D eigenvalue weighted by molar-refractivity contribution is -0.355. The van der Waals surface area contributed by atoms with Crippen LogP contribution in [0, 0.1) is 0 Å². The molecular weight excluding hydrogens is 382 g/mol. The van der Waals surface area contributed by atoms with E-state index in [1.54, 1.807) is 0 Å². The first-order valence-electron chi connectivity index (χ1n) is 4.62. The lowest BCUT2D eigenvalue weighted by Gasteiger charge is -2.43. The third kappa shape index (κ3) is 2.24. The molecule has 4 N–H and O–H groups in total. The monoisotopic (exact) mass is 386 g/mol. The second kappa shape index (κ2) is 4.52. The molecule has 0 amide bonds. The SMILES string of the molecule is O=P(O)(O)C1=C(P(=O)(O)O)C(F)(F)C(F)(F)C(F)(F)C1(F)F. The second-order valence-corrected chi connectivity index (χ2v) is 7.15. The van der Waals surface area contributed by atoms with Crippen LogP contribution >= 0.6 is 15.2 Å². The van der Waals surface area contributed by atoms with Gasteiger partial charge in [0.25, 0.3) is 0 Å². The number of allylic oxidation sites excluding steroid dienone is 2. The molecule has 16 heteroatoms. The molecule has 22 heavy (non-hydrogen) atoms. The number of halogens is 8. The molecule has 1 rings (SSSR count). The van der Waals surface area contributed by atoms with Gasteiger partial charge in [0.1, 0.15) is 10.6 Å². The predicted octanol–water partition coefficient (Wildman–Crippen LogP) is 2.11. The average Bonchev–Trinajstić information content (AvgIpc) is 2.19. The van der Waals surface area contributed by atoms with Crippen LogP contribution < -0.4 is 0 Å². The first-order chi connectivity index (χ1) is 9.24. The molecule has 0 aromatic rings. The van der Waals surface area contributed by atoms with Crippen molar-refractivity contribution in [2.45, 2.75) is 23.7 Å². The van der Waals surface area contributed by atoms with Crippen molar-refractivity contribution in [3.8, 4) is 0 Å². The molecular formula is C6H4F8O6P2. The van der Waals surface area contributed by atoms with E-state index in [2.05, 4.69) is 0 Å². The van der Waals surface area contributed by atoms with Gasteiger partial charge in [-0.1, -0.05) is 0 Å². The Kier molecular flexibility index (Phi) is 4.01. The van der Waals surface area contributed by atoms with Gasteiger partial charge in [0.05, 0.1) is 0 Å². The van der Waals surface area contributed by atoms with Crippen LogP contribution in [0.25, 0.3) is 0 Å². The van der Waals surface area contributed by atoms with Crippen molar-refractivity contribution in [2.24, 2.45) is 0 Å². The summed E-state index contributed by atoms with van der Waals surface area (Å²) in [6, 6.07) is 0. The highest BCUT2D eigenvalue weighted by Gasteiger charge is 2.89. The maximum atomic E-state index is 13.3. The Morgan fingerprint density at radius 3 is 0.909 bits per heavy atom. The van der Waals surface area contributed by atoms with Crippen molar-refractivity contribution in [2.75, 3.05) is 0 Å². The van der Waals surface area contributed by atoms with Crippen LogP contribution in [0.15, 0.2) is 10.6 Å².